The van der Waals surface area contributed by atoms with E-state index in [2.05, 4.69) is 14.9 Å². The summed E-state index contributed by atoms with van der Waals surface area (Å²) in [6, 6.07) is 15.3. The number of hydrogen-bond acceptors (Lipinski definition) is 6. The van der Waals surface area contributed by atoms with Crippen LogP contribution in [0.4, 0.5) is 4.79 Å². The minimum Gasteiger partial charge on any atom is -0.493 e. The molecule has 0 saturated heterocycles. The van der Waals surface area contributed by atoms with Crippen molar-refractivity contribution in [1.82, 2.24) is 14.9 Å². The Morgan fingerprint density at radius 3 is 2.69 bits per heavy atom. The summed E-state index contributed by atoms with van der Waals surface area (Å²) in [5.41, 5.74) is 3.66. The van der Waals surface area contributed by atoms with Gasteiger partial charge in [0.25, 0.3) is 0 Å². The highest BCUT2D eigenvalue weighted by molar-refractivity contribution is 7.03. The van der Waals surface area contributed by atoms with Gasteiger partial charge in [-0.1, -0.05) is 47.0 Å². The van der Waals surface area contributed by atoms with Crippen molar-refractivity contribution in [3.05, 3.63) is 65.0 Å². The maximum absolute atomic E-state index is 11.9. The highest BCUT2D eigenvalue weighted by Gasteiger charge is 2.07. The van der Waals surface area contributed by atoms with E-state index in [1.807, 2.05) is 60.8 Å². The number of nitrogens with one attached hydrogen (secondary N) is 1. The second kappa shape index (κ2) is 8.96. The zero-order valence-electron chi connectivity index (χ0n) is 14.3. The molecule has 0 atom stereocenters. The topological polar surface area (TPSA) is 73.3 Å². The molecular formula is C19H19N3O3S. The molecule has 0 unspecified atom stereocenters. The highest BCUT2D eigenvalue weighted by atomic mass is 32.1. The minimum atomic E-state index is -0.468. The van der Waals surface area contributed by atoms with E-state index < -0.39 is 6.09 Å². The molecule has 0 aliphatic heterocycles. The first-order chi connectivity index (χ1) is 12.8. The van der Waals surface area contributed by atoms with Gasteiger partial charge in [-0.3, -0.25) is 0 Å². The van der Waals surface area contributed by atoms with E-state index in [-0.39, 0.29) is 6.61 Å². The first-order valence-corrected chi connectivity index (χ1v) is 9.07. The van der Waals surface area contributed by atoms with Crippen molar-refractivity contribution in [2.24, 2.45) is 0 Å². The molecule has 134 valence electrons. The average Bonchev–Trinajstić information content (AvgIpc) is 3.21. The zero-order chi connectivity index (χ0) is 18.2. The molecular weight excluding hydrogens is 350 g/mol. The van der Waals surface area contributed by atoms with E-state index in [0.29, 0.717) is 13.2 Å². The molecule has 0 spiro atoms. The van der Waals surface area contributed by atoms with Gasteiger partial charge in [0.05, 0.1) is 6.61 Å². The monoisotopic (exact) mass is 369 g/mol. The summed E-state index contributed by atoms with van der Waals surface area (Å²) in [6.07, 6.45) is -0.468. The van der Waals surface area contributed by atoms with E-state index in [4.69, 9.17) is 9.47 Å². The third-order valence-electron chi connectivity index (χ3n) is 3.68. The first kappa shape index (κ1) is 17.9. The van der Waals surface area contributed by atoms with Gasteiger partial charge in [-0.2, -0.15) is 0 Å². The molecule has 1 N–H and O–H groups in total. The van der Waals surface area contributed by atoms with Gasteiger partial charge in [-0.25, -0.2) is 4.79 Å². The molecule has 0 fully saturated rings. The van der Waals surface area contributed by atoms with Crippen molar-refractivity contribution >= 4 is 17.6 Å². The first-order valence-electron chi connectivity index (χ1n) is 8.24. The molecule has 7 heteroatoms. The van der Waals surface area contributed by atoms with Crippen molar-refractivity contribution in [2.45, 2.75) is 20.1 Å². The lowest BCUT2D eigenvalue weighted by atomic mass is 10.1. The van der Waals surface area contributed by atoms with Gasteiger partial charge in [0.2, 0.25) is 0 Å². The number of carbonyl (C=O) groups is 1. The number of benzene rings is 2. The van der Waals surface area contributed by atoms with Crippen LogP contribution in [0.25, 0.3) is 11.3 Å². The molecule has 2 aromatic carbocycles. The van der Waals surface area contributed by atoms with Crippen LogP contribution in [0, 0.1) is 0 Å². The van der Waals surface area contributed by atoms with Crippen molar-refractivity contribution in [1.29, 1.82) is 0 Å². The lowest BCUT2D eigenvalue weighted by Crippen LogP contribution is -2.23. The zero-order valence-corrected chi connectivity index (χ0v) is 15.2. The SMILES string of the molecule is CCOc1ccccc1COC(=O)NCc1ccc(-c2csnn2)cc1. The van der Waals surface area contributed by atoms with Crippen molar-refractivity contribution in [3.63, 3.8) is 0 Å². The van der Waals surface area contributed by atoms with Crippen molar-refractivity contribution in [2.75, 3.05) is 6.61 Å². The maximum atomic E-state index is 11.9. The quantitative estimate of drug-likeness (QED) is 0.681. The number of carbonyl (C=O) groups excluding carboxylic acids is 1. The van der Waals surface area contributed by atoms with Crippen molar-refractivity contribution < 1.29 is 14.3 Å². The molecule has 6 nitrogen and oxygen atoms in total. The fourth-order valence-corrected chi connectivity index (χ4v) is 2.84. The Hall–Kier alpha value is -2.93. The lowest BCUT2D eigenvalue weighted by molar-refractivity contribution is 0.137. The van der Waals surface area contributed by atoms with Crippen LogP contribution in [0.5, 0.6) is 5.75 Å². The maximum Gasteiger partial charge on any atom is 0.407 e. The van der Waals surface area contributed by atoms with Crippen LogP contribution in [-0.2, 0) is 17.9 Å². The Labute approximate surface area is 155 Å². The number of nitrogens with zero attached hydrogens (tertiary/aromatic N) is 2. The number of rotatable bonds is 7. The second-order valence-electron chi connectivity index (χ2n) is 5.46. The molecule has 1 aromatic heterocycles. The number of aromatic nitrogens is 2. The van der Waals surface area contributed by atoms with Crippen LogP contribution in [0.15, 0.2) is 53.9 Å². The number of para-hydroxylation sites is 1. The van der Waals surface area contributed by atoms with E-state index >= 15 is 0 Å². The summed E-state index contributed by atoms with van der Waals surface area (Å²) in [5, 5.41) is 8.67. The van der Waals surface area contributed by atoms with Crippen LogP contribution < -0.4 is 10.1 Å². The van der Waals surface area contributed by atoms with Gasteiger partial charge >= 0.3 is 6.09 Å². The molecule has 0 radical (unpaired) electrons. The van der Waals surface area contributed by atoms with Gasteiger partial charge < -0.3 is 14.8 Å². The fraction of sp³-hybridized carbons (Fsp3) is 0.211. The predicted molar refractivity (Wildman–Crippen MR) is 100.0 cm³/mol. The Bertz CT molecular complexity index is 836. The minimum absolute atomic E-state index is 0.164. The van der Waals surface area contributed by atoms with Crippen LogP contribution in [0.1, 0.15) is 18.1 Å². The molecule has 0 saturated carbocycles. The Morgan fingerprint density at radius 2 is 1.96 bits per heavy atom. The van der Waals surface area contributed by atoms with E-state index in [0.717, 1.165) is 28.1 Å². The molecule has 1 heterocycles. The molecule has 26 heavy (non-hydrogen) atoms. The van der Waals surface area contributed by atoms with Crippen LogP contribution >= 0.6 is 11.5 Å². The summed E-state index contributed by atoms with van der Waals surface area (Å²) in [6.45, 7) is 3.04. The van der Waals surface area contributed by atoms with Gasteiger partial charge in [-0.05, 0) is 30.1 Å². The Balaban J connectivity index is 1.48. The standard InChI is InChI=1S/C19H19N3O3S/c1-2-24-18-6-4-3-5-16(18)12-25-19(23)20-11-14-7-9-15(10-8-14)17-13-26-22-21-17/h3-10,13H,2,11-12H2,1H3,(H,20,23). The molecule has 0 bridgehead atoms. The summed E-state index contributed by atoms with van der Waals surface area (Å²) in [4.78, 5) is 11.9. The largest absolute Gasteiger partial charge is 0.493 e. The van der Waals surface area contributed by atoms with Gasteiger partial charge in [0.1, 0.15) is 18.1 Å². The van der Waals surface area contributed by atoms with E-state index in [9.17, 15) is 4.79 Å². The van der Waals surface area contributed by atoms with Gasteiger partial charge in [0.15, 0.2) is 0 Å². The molecule has 0 aliphatic rings. The third kappa shape index (κ3) is 4.80. The van der Waals surface area contributed by atoms with E-state index in [1.165, 1.54) is 11.5 Å². The normalized spacial score (nSPS) is 10.3. The Kier molecular flexibility index (Phi) is 6.16. The molecule has 0 aliphatic carbocycles. The Morgan fingerprint density at radius 1 is 1.15 bits per heavy atom. The lowest BCUT2D eigenvalue weighted by Gasteiger charge is -2.11. The van der Waals surface area contributed by atoms with Crippen LogP contribution in [0.3, 0.4) is 0 Å². The fourth-order valence-electron chi connectivity index (χ4n) is 2.37. The van der Waals surface area contributed by atoms with Gasteiger partial charge in [-0.15, -0.1) is 5.10 Å². The van der Waals surface area contributed by atoms with E-state index in [1.54, 1.807) is 0 Å². The molecule has 3 aromatic rings. The van der Waals surface area contributed by atoms with Crippen LogP contribution in [-0.4, -0.2) is 22.3 Å². The summed E-state index contributed by atoms with van der Waals surface area (Å²) in [5.74, 6) is 0.731. The third-order valence-corrected chi connectivity index (χ3v) is 4.18. The smallest absolute Gasteiger partial charge is 0.407 e. The number of alkyl carbamates (subject to hydrolysis) is 1. The van der Waals surface area contributed by atoms with Gasteiger partial charge in [0, 0.05) is 23.1 Å². The number of ether oxygens (including phenoxy) is 2. The van der Waals surface area contributed by atoms with Crippen LogP contribution in [0.2, 0.25) is 0 Å². The summed E-state index contributed by atoms with van der Waals surface area (Å²) < 4.78 is 14.6. The number of hydrogen-bond donors (Lipinski definition) is 1. The molecule has 3 rings (SSSR count). The van der Waals surface area contributed by atoms with Crippen molar-refractivity contribution in [3.8, 4) is 17.0 Å². The second-order valence-corrected chi connectivity index (χ2v) is 6.07. The predicted octanol–water partition coefficient (Wildman–Crippen LogP) is 4.03. The summed E-state index contributed by atoms with van der Waals surface area (Å²) in [7, 11) is 0. The average molecular weight is 369 g/mol. The highest BCUT2D eigenvalue weighted by Crippen LogP contribution is 2.19. The summed E-state index contributed by atoms with van der Waals surface area (Å²) >= 11 is 1.32. The molecule has 1 amide bonds. The number of amides is 1.